The van der Waals surface area contributed by atoms with E-state index in [1.165, 1.54) is 6.07 Å². The lowest BCUT2D eigenvalue weighted by atomic mass is 10.1. The van der Waals surface area contributed by atoms with Crippen molar-refractivity contribution >= 4 is 39.5 Å². The third-order valence-electron chi connectivity index (χ3n) is 4.23. The third kappa shape index (κ3) is 2.69. The maximum Gasteiger partial charge on any atom is 0.284 e. The molecule has 0 unspecified atom stereocenters. The Labute approximate surface area is 162 Å². The lowest BCUT2D eigenvalue weighted by Gasteiger charge is -2.04. The minimum absolute atomic E-state index is 0.0502. The number of hydrogen-bond acceptors (Lipinski definition) is 8. The largest absolute Gasteiger partial charge is 0.327 e. The number of nitrogens with zero attached hydrogens (tertiary/aromatic N) is 7. The van der Waals surface area contributed by atoms with Crippen molar-refractivity contribution in [3.8, 4) is 12.1 Å². The van der Waals surface area contributed by atoms with Crippen LogP contribution in [0.25, 0.3) is 22.1 Å². The van der Waals surface area contributed by atoms with Crippen LogP contribution in [0.4, 0.5) is 5.69 Å². The summed E-state index contributed by atoms with van der Waals surface area (Å²) in [5.74, 6) is 0. The van der Waals surface area contributed by atoms with Crippen LogP contribution in [0.2, 0.25) is 0 Å². The molecule has 0 spiro atoms. The molecule has 0 saturated carbocycles. The van der Waals surface area contributed by atoms with Crippen molar-refractivity contribution < 1.29 is 4.92 Å². The lowest BCUT2D eigenvalue weighted by Crippen LogP contribution is -1.98. The van der Waals surface area contributed by atoms with Gasteiger partial charge in [-0.1, -0.05) is 18.2 Å². The first-order valence-electron chi connectivity index (χ1n) is 7.92. The van der Waals surface area contributed by atoms with E-state index < -0.39 is 4.92 Å². The molecular weight excluding hydrogens is 378 g/mol. The van der Waals surface area contributed by atoms with Gasteiger partial charge in [0.2, 0.25) is 5.16 Å². The van der Waals surface area contributed by atoms with Gasteiger partial charge in [-0.05, 0) is 23.9 Å². The van der Waals surface area contributed by atoms with Crippen molar-refractivity contribution in [1.29, 1.82) is 10.5 Å². The van der Waals surface area contributed by atoms with Crippen molar-refractivity contribution in [3.05, 3.63) is 57.6 Å². The molecule has 28 heavy (non-hydrogen) atoms. The predicted octanol–water partition coefficient (Wildman–Crippen LogP) is 3.32. The standard InChI is InChI=1S/C18H9N7O2S/c1-24-13-5-3-2-4-12(13)16-17(24)21-18(23-22-16)28-15-7-11(9-20)10(8-19)6-14(15)25(26)27/h2-7H,1H3. The summed E-state index contributed by atoms with van der Waals surface area (Å²) >= 11 is 0.924. The SMILES string of the molecule is Cn1c2ccccc2c2nnc(Sc3cc(C#N)c(C#N)cc3[N+](=O)[O-])nc21. The number of nitriles is 2. The fourth-order valence-electron chi connectivity index (χ4n) is 2.91. The summed E-state index contributed by atoms with van der Waals surface area (Å²) in [5, 5.41) is 39.1. The predicted molar refractivity (Wildman–Crippen MR) is 100 cm³/mol. The van der Waals surface area contributed by atoms with Crippen LogP contribution < -0.4 is 0 Å². The quantitative estimate of drug-likeness (QED) is 0.386. The zero-order valence-electron chi connectivity index (χ0n) is 14.3. The summed E-state index contributed by atoms with van der Waals surface area (Å²) in [6.07, 6.45) is 0. The average molecular weight is 387 g/mol. The molecule has 0 bridgehead atoms. The van der Waals surface area contributed by atoms with Crippen LogP contribution in [-0.2, 0) is 7.05 Å². The van der Waals surface area contributed by atoms with Crippen molar-refractivity contribution in [2.24, 2.45) is 7.05 Å². The maximum absolute atomic E-state index is 11.4. The number of nitro groups is 1. The molecule has 0 aliphatic rings. The Morgan fingerprint density at radius 2 is 1.86 bits per heavy atom. The molecule has 4 rings (SSSR count). The monoisotopic (exact) mass is 387 g/mol. The van der Waals surface area contributed by atoms with Gasteiger partial charge in [0, 0.05) is 18.5 Å². The Kier molecular flexibility index (Phi) is 4.11. The van der Waals surface area contributed by atoms with Crippen LogP contribution in [0.3, 0.4) is 0 Å². The second-order valence-corrected chi connectivity index (χ2v) is 6.80. The van der Waals surface area contributed by atoms with E-state index in [0.717, 1.165) is 28.7 Å². The summed E-state index contributed by atoms with van der Waals surface area (Å²) in [5.41, 5.74) is 1.87. The van der Waals surface area contributed by atoms with E-state index in [1.54, 1.807) is 6.07 Å². The van der Waals surface area contributed by atoms with Gasteiger partial charge in [-0.2, -0.15) is 10.5 Å². The van der Waals surface area contributed by atoms with Gasteiger partial charge in [-0.15, -0.1) is 10.2 Å². The van der Waals surface area contributed by atoms with E-state index >= 15 is 0 Å². The van der Waals surface area contributed by atoms with Crippen LogP contribution in [0.1, 0.15) is 11.1 Å². The van der Waals surface area contributed by atoms with Crippen molar-refractivity contribution in [1.82, 2.24) is 19.7 Å². The highest BCUT2D eigenvalue weighted by Gasteiger charge is 2.21. The van der Waals surface area contributed by atoms with E-state index in [9.17, 15) is 15.4 Å². The van der Waals surface area contributed by atoms with Crippen LogP contribution in [-0.4, -0.2) is 24.7 Å². The van der Waals surface area contributed by atoms with Crippen molar-refractivity contribution in [3.63, 3.8) is 0 Å². The second kappa shape index (κ2) is 6.61. The highest BCUT2D eigenvalue weighted by Crippen LogP contribution is 2.36. The third-order valence-corrected chi connectivity index (χ3v) is 5.13. The topological polar surface area (TPSA) is 134 Å². The number of fused-ring (bicyclic) bond motifs is 3. The number of para-hydroxylation sites is 1. The lowest BCUT2D eigenvalue weighted by molar-refractivity contribution is -0.387. The smallest absolute Gasteiger partial charge is 0.284 e. The molecule has 0 amide bonds. The molecule has 9 nitrogen and oxygen atoms in total. The zero-order chi connectivity index (χ0) is 19.8. The number of aromatic nitrogens is 4. The van der Waals surface area contributed by atoms with E-state index in [1.807, 2.05) is 41.9 Å². The average Bonchev–Trinajstić information content (AvgIpc) is 2.99. The van der Waals surface area contributed by atoms with Gasteiger partial charge in [-0.25, -0.2) is 4.98 Å². The Morgan fingerprint density at radius 3 is 2.57 bits per heavy atom. The summed E-state index contributed by atoms with van der Waals surface area (Å²) < 4.78 is 1.87. The molecule has 0 aliphatic heterocycles. The number of hydrogen-bond donors (Lipinski definition) is 0. The summed E-state index contributed by atoms with van der Waals surface area (Å²) in [4.78, 5) is 15.5. The molecule has 0 saturated heterocycles. The van der Waals surface area contributed by atoms with Crippen LogP contribution in [0.15, 0.2) is 46.5 Å². The molecule has 0 aliphatic carbocycles. The minimum atomic E-state index is -0.604. The molecule has 0 atom stereocenters. The first-order chi connectivity index (χ1) is 13.5. The van der Waals surface area contributed by atoms with Gasteiger partial charge in [0.25, 0.3) is 5.69 Å². The highest BCUT2D eigenvalue weighted by atomic mass is 32.2. The summed E-state index contributed by atoms with van der Waals surface area (Å²) in [7, 11) is 1.85. The minimum Gasteiger partial charge on any atom is -0.327 e. The molecule has 0 radical (unpaired) electrons. The molecule has 10 heteroatoms. The summed E-state index contributed by atoms with van der Waals surface area (Å²) in [6.45, 7) is 0. The van der Waals surface area contributed by atoms with Crippen LogP contribution >= 0.6 is 11.8 Å². The molecule has 2 aromatic heterocycles. The Morgan fingerprint density at radius 1 is 1.14 bits per heavy atom. The van der Waals surface area contributed by atoms with Gasteiger partial charge < -0.3 is 4.57 Å². The normalized spacial score (nSPS) is 10.7. The van der Waals surface area contributed by atoms with Gasteiger partial charge in [-0.3, -0.25) is 10.1 Å². The molecular formula is C18H9N7O2S. The van der Waals surface area contributed by atoms with Gasteiger partial charge in [0.15, 0.2) is 5.65 Å². The van der Waals surface area contributed by atoms with E-state index in [0.29, 0.717) is 11.2 Å². The fourth-order valence-corrected chi connectivity index (χ4v) is 3.74. The van der Waals surface area contributed by atoms with Gasteiger partial charge in [0.05, 0.1) is 26.5 Å². The number of rotatable bonds is 3. The molecule has 4 aromatic rings. The van der Waals surface area contributed by atoms with E-state index in [-0.39, 0.29) is 26.9 Å². The number of nitro benzene ring substituents is 1. The van der Waals surface area contributed by atoms with E-state index in [2.05, 4.69) is 15.2 Å². The Hall–Kier alpha value is -4.02. The first-order valence-corrected chi connectivity index (χ1v) is 8.73. The van der Waals surface area contributed by atoms with Crippen LogP contribution in [0, 0.1) is 32.8 Å². The molecule has 2 heterocycles. The highest BCUT2D eigenvalue weighted by molar-refractivity contribution is 7.99. The van der Waals surface area contributed by atoms with E-state index in [4.69, 9.17) is 5.26 Å². The van der Waals surface area contributed by atoms with Crippen LogP contribution in [0.5, 0.6) is 0 Å². The van der Waals surface area contributed by atoms with Crippen molar-refractivity contribution in [2.45, 2.75) is 10.1 Å². The van der Waals surface area contributed by atoms with Gasteiger partial charge >= 0.3 is 0 Å². The fraction of sp³-hybridized carbons (Fsp3) is 0.0556. The molecule has 0 N–H and O–H groups in total. The maximum atomic E-state index is 11.4. The Bertz CT molecular complexity index is 1360. The molecule has 2 aromatic carbocycles. The first kappa shape index (κ1) is 17.4. The zero-order valence-corrected chi connectivity index (χ0v) is 15.1. The summed E-state index contributed by atoms with van der Waals surface area (Å²) in [6, 6.07) is 13.7. The number of benzene rings is 2. The number of aryl methyl sites for hydroxylation is 1. The second-order valence-electron chi connectivity index (χ2n) is 5.79. The molecule has 0 fully saturated rings. The molecule has 134 valence electrons. The van der Waals surface area contributed by atoms with Gasteiger partial charge in [0.1, 0.15) is 17.7 Å². The van der Waals surface area contributed by atoms with Crippen molar-refractivity contribution in [2.75, 3.05) is 0 Å². The Balaban J connectivity index is 1.85.